The van der Waals surface area contributed by atoms with Gasteiger partial charge in [-0.1, -0.05) is 6.92 Å². The second kappa shape index (κ2) is 15.1. The molecule has 1 aliphatic heterocycles. The highest BCUT2D eigenvalue weighted by atomic mass is 32.2. The predicted molar refractivity (Wildman–Crippen MR) is 174 cm³/mol. The number of aryl methyl sites for hydroxylation is 2. The first-order chi connectivity index (χ1) is 22.1. The Morgan fingerprint density at radius 2 is 1.72 bits per heavy atom. The smallest absolute Gasteiger partial charge is 0.280 e. The lowest BCUT2D eigenvalue weighted by molar-refractivity contribution is -0.00835. The molecule has 0 spiro atoms. The predicted octanol–water partition coefficient (Wildman–Crippen LogP) is 2.07. The van der Waals surface area contributed by atoms with Gasteiger partial charge in [0.1, 0.15) is 5.75 Å². The van der Waals surface area contributed by atoms with Crippen molar-refractivity contribution >= 4 is 31.6 Å². The summed E-state index contributed by atoms with van der Waals surface area (Å²) in [6, 6.07) is 3.85. The van der Waals surface area contributed by atoms with Crippen LogP contribution in [0.2, 0.25) is 0 Å². The van der Waals surface area contributed by atoms with E-state index in [0.29, 0.717) is 19.4 Å². The molecule has 1 aromatic carbocycles. The van der Waals surface area contributed by atoms with Crippen LogP contribution in [0.1, 0.15) is 50.4 Å². The number of hydrogen-bond donors (Lipinski definition) is 2. The minimum atomic E-state index is -4.05. The number of imidazole rings is 2. The average molecular weight is 696 g/mol. The lowest BCUT2D eigenvalue weighted by atomic mass is 10.0. The molecule has 17 heteroatoms. The largest absolute Gasteiger partial charge is 0.490 e. The number of rotatable bonds is 9. The van der Waals surface area contributed by atoms with Crippen molar-refractivity contribution in [1.82, 2.24) is 28.3 Å². The Kier molecular flexibility index (Phi) is 11.7. The van der Waals surface area contributed by atoms with Crippen molar-refractivity contribution in [3.8, 4) is 5.75 Å². The van der Waals surface area contributed by atoms with Crippen LogP contribution in [0, 0.1) is 5.92 Å². The molecule has 0 saturated carbocycles. The van der Waals surface area contributed by atoms with E-state index in [4.69, 9.17) is 9.47 Å². The number of amides is 1. The number of ether oxygens (including phenoxy) is 2. The molecule has 1 amide bonds. The Bertz CT molecular complexity index is 1740. The Morgan fingerprint density at radius 1 is 1.06 bits per heavy atom. The van der Waals surface area contributed by atoms with Crippen molar-refractivity contribution in [2.45, 2.75) is 68.3 Å². The molecule has 47 heavy (non-hydrogen) atoms. The van der Waals surface area contributed by atoms with Crippen LogP contribution in [0.25, 0.3) is 0 Å². The van der Waals surface area contributed by atoms with Crippen LogP contribution >= 0.6 is 0 Å². The zero-order valence-electron chi connectivity index (χ0n) is 27.6. The van der Waals surface area contributed by atoms with E-state index in [2.05, 4.69) is 14.7 Å². The van der Waals surface area contributed by atoms with Crippen LogP contribution in [0.3, 0.4) is 0 Å². The number of benzene rings is 1. The summed E-state index contributed by atoms with van der Waals surface area (Å²) in [4.78, 5) is 23.7. The van der Waals surface area contributed by atoms with Crippen molar-refractivity contribution in [1.29, 1.82) is 0 Å². The number of carbonyl (C=O) groups is 1. The number of aliphatic hydroxyl groups is 1. The van der Waals surface area contributed by atoms with Gasteiger partial charge in [0.25, 0.3) is 26.0 Å². The van der Waals surface area contributed by atoms with Gasteiger partial charge in [0.2, 0.25) is 0 Å². The summed E-state index contributed by atoms with van der Waals surface area (Å²) in [5.74, 6) is -0.603. The van der Waals surface area contributed by atoms with E-state index >= 15 is 0 Å². The van der Waals surface area contributed by atoms with Crippen LogP contribution in [-0.2, 0) is 38.9 Å². The van der Waals surface area contributed by atoms with Crippen molar-refractivity contribution in [3.05, 3.63) is 48.8 Å². The number of likely N-dealkylation sites (N-methyl/N-ethyl adjacent to an activating group) is 1. The fourth-order valence-electron chi connectivity index (χ4n) is 5.22. The van der Waals surface area contributed by atoms with E-state index in [-0.39, 0.29) is 58.8 Å². The van der Waals surface area contributed by atoms with E-state index in [0.717, 1.165) is 6.42 Å². The van der Waals surface area contributed by atoms with Gasteiger partial charge in [0.15, 0.2) is 10.1 Å². The zero-order valence-corrected chi connectivity index (χ0v) is 29.2. The normalized spacial score (nSPS) is 21.1. The maximum absolute atomic E-state index is 14.3. The standard InChI is InChI=1S/C30H45N7O8S2/c1-21-14-37(22(2)18-38)30(39)25-13-24(33-46(40,41)28-16-34(4)19-31-28)10-11-26(25)45-23(3)9-7-8-12-44-27(21)15-36(6)47(42,43)29-17-35(5)20-32-29/h10-11,13,16-17,19-23,27,33,38H,7-9,12,14-15,18H2,1-6H3/t21-,22-,23+,27+/m1/s1. The molecule has 2 N–H and O–H groups in total. The molecular formula is C30H45N7O8S2. The molecule has 2 aromatic heterocycles. The third-order valence-corrected chi connectivity index (χ3v) is 11.0. The molecule has 1 aliphatic rings. The molecule has 260 valence electrons. The van der Waals surface area contributed by atoms with E-state index < -0.39 is 38.1 Å². The number of aromatic nitrogens is 4. The number of aliphatic hydroxyl groups excluding tert-OH is 1. The van der Waals surface area contributed by atoms with Crippen LogP contribution < -0.4 is 9.46 Å². The summed E-state index contributed by atoms with van der Waals surface area (Å²) in [7, 11) is -3.16. The van der Waals surface area contributed by atoms with Crippen LogP contribution in [0.5, 0.6) is 5.75 Å². The fourth-order valence-corrected chi connectivity index (χ4v) is 7.39. The summed E-state index contributed by atoms with van der Waals surface area (Å²) >= 11 is 0. The van der Waals surface area contributed by atoms with E-state index in [9.17, 15) is 26.7 Å². The quantitative estimate of drug-likeness (QED) is 0.337. The molecular weight excluding hydrogens is 651 g/mol. The minimum absolute atomic E-state index is 0.00512. The SMILES string of the molecule is C[C@@H]1CN([C@H](C)CO)C(=O)c2cc(NS(=O)(=O)c3cn(C)cn3)ccc2O[C@@H](C)CCCCO[C@H]1CN(C)S(=O)(=O)c1cn(C)cn1. The van der Waals surface area contributed by atoms with Crippen molar-refractivity contribution in [2.24, 2.45) is 20.0 Å². The van der Waals surface area contributed by atoms with Crippen LogP contribution in [-0.4, -0.2) is 108 Å². The molecule has 0 unspecified atom stereocenters. The Labute approximate surface area is 276 Å². The molecule has 3 aromatic rings. The van der Waals surface area contributed by atoms with Crippen molar-refractivity contribution < 1.29 is 36.2 Å². The third-order valence-electron chi connectivity index (χ3n) is 8.05. The molecule has 15 nitrogen and oxygen atoms in total. The highest BCUT2D eigenvalue weighted by Gasteiger charge is 2.33. The summed E-state index contributed by atoms with van der Waals surface area (Å²) in [6.45, 7) is 5.56. The van der Waals surface area contributed by atoms with Gasteiger partial charge in [0.05, 0.1) is 43.1 Å². The molecule has 0 fully saturated rings. The van der Waals surface area contributed by atoms with Gasteiger partial charge in [-0.15, -0.1) is 0 Å². The maximum Gasteiger partial charge on any atom is 0.280 e. The van der Waals surface area contributed by atoms with Crippen LogP contribution in [0.15, 0.2) is 53.3 Å². The number of hydrogen-bond acceptors (Lipinski definition) is 10. The third kappa shape index (κ3) is 8.90. The fraction of sp³-hybridized carbons (Fsp3) is 0.567. The number of anilines is 1. The molecule has 0 saturated heterocycles. The Hall–Kier alpha value is -3.51. The molecule has 4 rings (SSSR count). The molecule has 4 atom stereocenters. The number of carbonyl (C=O) groups excluding carboxylic acids is 1. The second-order valence-corrected chi connectivity index (χ2v) is 15.8. The highest BCUT2D eigenvalue weighted by Crippen LogP contribution is 2.29. The first-order valence-electron chi connectivity index (χ1n) is 15.4. The lowest BCUT2D eigenvalue weighted by Gasteiger charge is -2.35. The average Bonchev–Trinajstić information content (AvgIpc) is 3.67. The monoisotopic (exact) mass is 695 g/mol. The number of nitrogens with zero attached hydrogens (tertiary/aromatic N) is 6. The Morgan fingerprint density at radius 3 is 2.34 bits per heavy atom. The number of sulfonamides is 2. The zero-order chi connectivity index (χ0) is 34.5. The van der Waals surface area contributed by atoms with Gasteiger partial charge < -0.3 is 28.6 Å². The van der Waals surface area contributed by atoms with Crippen molar-refractivity contribution in [3.63, 3.8) is 0 Å². The lowest BCUT2D eigenvalue weighted by Crippen LogP contribution is -2.48. The molecule has 0 aliphatic carbocycles. The van der Waals surface area contributed by atoms with Gasteiger partial charge in [-0.05, 0) is 51.3 Å². The van der Waals surface area contributed by atoms with Crippen molar-refractivity contribution in [2.75, 3.05) is 38.1 Å². The summed E-state index contributed by atoms with van der Waals surface area (Å²) in [6.07, 6.45) is 6.79. The second-order valence-electron chi connectivity index (χ2n) is 12.2. The topological polar surface area (TPSA) is 178 Å². The molecule has 3 heterocycles. The number of fused-ring (bicyclic) bond motifs is 1. The van der Waals surface area contributed by atoms with Gasteiger partial charge >= 0.3 is 0 Å². The maximum atomic E-state index is 14.3. The summed E-state index contributed by atoms with van der Waals surface area (Å²) in [5.41, 5.74) is 0.238. The molecule has 0 radical (unpaired) electrons. The van der Waals surface area contributed by atoms with E-state index in [1.54, 1.807) is 31.7 Å². The van der Waals surface area contributed by atoms with E-state index in [1.165, 1.54) is 58.0 Å². The van der Waals surface area contributed by atoms with Gasteiger partial charge in [-0.2, -0.15) is 12.7 Å². The summed E-state index contributed by atoms with van der Waals surface area (Å²) < 4.78 is 71.9. The van der Waals surface area contributed by atoms with E-state index in [1.807, 2.05) is 13.8 Å². The first-order valence-corrected chi connectivity index (χ1v) is 18.3. The van der Waals surface area contributed by atoms with Gasteiger partial charge in [0, 0.05) is 64.8 Å². The highest BCUT2D eigenvalue weighted by molar-refractivity contribution is 7.92. The van der Waals surface area contributed by atoms with Crippen LogP contribution in [0.4, 0.5) is 5.69 Å². The first kappa shape index (κ1) is 36.3. The molecule has 0 bridgehead atoms. The number of nitrogens with one attached hydrogen (secondary N) is 1. The van der Waals surface area contributed by atoms with Gasteiger partial charge in [-0.3, -0.25) is 9.52 Å². The Balaban J connectivity index is 1.67. The van der Waals surface area contributed by atoms with Gasteiger partial charge in [-0.25, -0.2) is 18.4 Å². The minimum Gasteiger partial charge on any atom is -0.490 e. The summed E-state index contributed by atoms with van der Waals surface area (Å²) in [5, 5.41) is 9.92.